The van der Waals surface area contributed by atoms with Crippen molar-refractivity contribution in [1.82, 2.24) is 14.5 Å². The van der Waals surface area contributed by atoms with E-state index in [1.807, 2.05) is 35.8 Å². The third-order valence-corrected chi connectivity index (χ3v) is 4.45. The molecule has 0 atom stereocenters. The minimum atomic E-state index is -0.421. The summed E-state index contributed by atoms with van der Waals surface area (Å²) in [5, 5.41) is 10.1. The summed E-state index contributed by atoms with van der Waals surface area (Å²) in [6.45, 7) is 4.66. The van der Waals surface area contributed by atoms with Gasteiger partial charge in [-0.1, -0.05) is 29.8 Å². The van der Waals surface area contributed by atoms with Gasteiger partial charge in [-0.25, -0.2) is 14.8 Å². The number of hydrogen-bond donors (Lipinski definition) is 2. The van der Waals surface area contributed by atoms with E-state index in [0.29, 0.717) is 31.0 Å². The van der Waals surface area contributed by atoms with Crippen molar-refractivity contribution in [2.24, 2.45) is 0 Å². The zero-order valence-electron chi connectivity index (χ0n) is 16.1. The largest absolute Gasteiger partial charge is 0.463 e. The molecule has 1 aromatic carbocycles. The molecule has 0 radical (unpaired) electrons. The second-order valence-corrected chi connectivity index (χ2v) is 6.40. The molecule has 3 N–H and O–H groups in total. The predicted molar refractivity (Wildman–Crippen MR) is 109 cm³/mol. The third-order valence-electron chi connectivity index (χ3n) is 4.45. The number of fused-ring (bicyclic) bond motifs is 1. The van der Waals surface area contributed by atoms with Gasteiger partial charge in [0.15, 0.2) is 0 Å². The number of aryl methyl sites for hydroxylation is 2. The van der Waals surface area contributed by atoms with Crippen LogP contribution in [-0.4, -0.2) is 38.8 Å². The van der Waals surface area contributed by atoms with Crippen LogP contribution in [0.15, 0.2) is 36.7 Å². The van der Waals surface area contributed by atoms with E-state index in [1.54, 1.807) is 13.0 Å². The van der Waals surface area contributed by atoms with Crippen LogP contribution in [0.1, 0.15) is 24.6 Å². The number of nitrogens with zero attached hydrogens (tertiary/aromatic N) is 3. The van der Waals surface area contributed by atoms with Crippen LogP contribution in [0.25, 0.3) is 28.2 Å². The van der Waals surface area contributed by atoms with Gasteiger partial charge >= 0.3 is 5.97 Å². The highest BCUT2D eigenvalue weighted by Gasteiger charge is 2.20. The SMILES string of the molecule is CCOC(=O)/C=C/c1c(-c2ccc(C)cc2)c2c(N)ncnc2n1CCCO. The molecule has 0 bridgehead atoms. The fraction of sp³-hybridized carbons (Fsp3) is 0.286. The van der Waals surface area contributed by atoms with E-state index < -0.39 is 5.97 Å². The first-order chi connectivity index (χ1) is 13.6. The zero-order chi connectivity index (χ0) is 20.1. The maximum absolute atomic E-state index is 11.9. The van der Waals surface area contributed by atoms with E-state index in [2.05, 4.69) is 9.97 Å². The molecule has 0 saturated heterocycles. The van der Waals surface area contributed by atoms with Crippen LogP contribution in [0.3, 0.4) is 0 Å². The van der Waals surface area contributed by atoms with Crippen molar-refractivity contribution < 1.29 is 14.6 Å². The van der Waals surface area contributed by atoms with Gasteiger partial charge in [-0.05, 0) is 31.9 Å². The van der Waals surface area contributed by atoms with Gasteiger partial charge in [0.1, 0.15) is 17.8 Å². The number of ether oxygens (including phenoxy) is 1. The standard InChI is InChI=1S/C21H24N4O3/c1-3-28-17(27)10-9-16-18(15-7-5-14(2)6-8-15)19-20(22)23-13-24-21(19)25(16)11-4-12-26/h5-10,13,26H,3-4,11-12H2,1-2H3,(H2,22,23,24)/b10-9+. The summed E-state index contributed by atoms with van der Waals surface area (Å²) in [6.07, 6.45) is 5.08. The van der Waals surface area contributed by atoms with Crippen LogP contribution in [0.4, 0.5) is 5.82 Å². The van der Waals surface area contributed by atoms with Gasteiger partial charge < -0.3 is 20.1 Å². The number of anilines is 1. The van der Waals surface area contributed by atoms with Crippen molar-refractivity contribution in [2.45, 2.75) is 26.8 Å². The highest BCUT2D eigenvalue weighted by molar-refractivity contribution is 6.05. The molecule has 3 rings (SSSR count). The molecule has 3 aromatic rings. The van der Waals surface area contributed by atoms with E-state index in [4.69, 9.17) is 10.5 Å². The van der Waals surface area contributed by atoms with Crippen molar-refractivity contribution >= 4 is 28.9 Å². The maximum Gasteiger partial charge on any atom is 0.330 e. The maximum atomic E-state index is 11.9. The van der Waals surface area contributed by atoms with Gasteiger partial charge in [-0.15, -0.1) is 0 Å². The molecule has 0 aliphatic heterocycles. The minimum absolute atomic E-state index is 0.0428. The summed E-state index contributed by atoms with van der Waals surface area (Å²) < 4.78 is 6.97. The van der Waals surface area contributed by atoms with Crippen molar-refractivity contribution in [2.75, 3.05) is 18.9 Å². The summed E-state index contributed by atoms with van der Waals surface area (Å²) in [5.41, 5.74) is 10.6. The normalized spacial score (nSPS) is 11.4. The highest BCUT2D eigenvalue weighted by atomic mass is 16.5. The zero-order valence-corrected chi connectivity index (χ0v) is 16.1. The highest BCUT2D eigenvalue weighted by Crippen LogP contribution is 2.37. The predicted octanol–water partition coefficient (Wildman–Crippen LogP) is 2.95. The monoisotopic (exact) mass is 380 g/mol. The van der Waals surface area contributed by atoms with Gasteiger partial charge in [-0.2, -0.15) is 0 Å². The Morgan fingerprint density at radius 3 is 2.71 bits per heavy atom. The molecule has 2 aromatic heterocycles. The van der Waals surface area contributed by atoms with Crippen LogP contribution in [0, 0.1) is 6.92 Å². The number of aliphatic hydroxyl groups is 1. The van der Waals surface area contributed by atoms with Crippen LogP contribution < -0.4 is 5.73 Å². The molecule has 146 valence electrons. The van der Waals surface area contributed by atoms with Crippen molar-refractivity contribution in [3.8, 4) is 11.1 Å². The fourth-order valence-electron chi connectivity index (χ4n) is 3.19. The number of aliphatic hydroxyl groups excluding tert-OH is 1. The molecule has 0 aliphatic carbocycles. The Labute approximate surface area is 163 Å². The quantitative estimate of drug-likeness (QED) is 0.482. The summed E-state index contributed by atoms with van der Waals surface area (Å²) in [6, 6.07) is 8.05. The molecule has 0 spiro atoms. The summed E-state index contributed by atoms with van der Waals surface area (Å²) in [4.78, 5) is 20.5. The first-order valence-electron chi connectivity index (χ1n) is 9.22. The average molecular weight is 380 g/mol. The topological polar surface area (TPSA) is 103 Å². The Bertz CT molecular complexity index is 1010. The van der Waals surface area contributed by atoms with Crippen molar-refractivity contribution in [1.29, 1.82) is 0 Å². The van der Waals surface area contributed by atoms with Crippen LogP contribution in [0.2, 0.25) is 0 Å². The van der Waals surface area contributed by atoms with Crippen molar-refractivity contribution in [3.63, 3.8) is 0 Å². The van der Waals surface area contributed by atoms with Crippen molar-refractivity contribution in [3.05, 3.63) is 47.9 Å². The molecule has 28 heavy (non-hydrogen) atoms. The summed E-state index contributed by atoms with van der Waals surface area (Å²) in [7, 11) is 0. The van der Waals surface area contributed by atoms with Gasteiger partial charge in [0.2, 0.25) is 0 Å². The smallest absolute Gasteiger partial charge is 0.330 e. The van der Waals surface area contributed by atoms with E-state index in [9.17, 15) is 9.90 Å². The second kappa shape index (κ2) is 8.67. The number of nitrogens with two attached hydrogens (primary N) is 1. The van der Waals surface area contributed by atoms with Crippen LogP contribution in [-0.2, 0) is 16.1 Å². The minimum Gasteiger partial charge on any atom is -0.463 e. The number of nitrogen functional groups attached to an aromatic ring is 1. The number of rotatable bonds is 7. The first-order valence-corrected chi connectivity index (χ1v) is 9.22. The lowest BCUT2D eigenvalue weighted by atomic mass is 10.0. The molecule has 0 fully saturated rings. The Kier molecular flexibility index (Phi) is 6.06. The summed E-state index contributed by atoms with van der Waals surface area (Å²) >= 11 is 0. The number of carbonyl (C=O) groups is 1. The van der Waals surface area contributed by atoms with Gasteiger partial charge in [0.25, 0.3) is 0 Å². The van der Waals surface area contributed by atoms with E-state index in [1.165, 1.54) is 12.4 Å². The van der Waals surface area contributed by atoms with E-state index in [-0.39, 0.29) is 6.61 Å². The van der Waals surface area contributed by atoms with Gasteiger partial charge in [0.05, 0.1) is 17.7 Å². The Balaban J connectivity index is 2.28. The molecule has 7 heteroatoms. The Morgan fingerprint density at radius 1 is 1.29 bits per heavy atom. The molecule has 7 nitrogen and oxygen atoms in total. The van der Waals surface area contributed by atoms with Crippen LogP contribution in [0.5, 0.6) is 0 Å². The fourth-order valence-corrected chi connectivity index (χ4v) is 3.19. The lowest BCUT2D eigenvalue weighted by Gasteiger charge is -2.08. The molecule has 2 heterocycles. The summed E-state index contributed by atoms with van der Waals surface area (Å²) in [5.74, 6) is -0.0514. The molecular weight excluding hydrogens is 356 g/mol. The molecule has 0 saturated carbocycles. The number of esters is 1. The molecule has 0 amide bonds. The lowest BCUT2D eigenvalue weighted by molar-refractivity contribution is -0.137. The van der Waals surface area contributed by atoms with Gasteiger partial charge in [0, 0.05) is 24.8 Å². The number of hydrogen-bond acceptors (Lipinski definition) is 6. The third kappa shape index (κ3) is 3.89. The van der Waals surface area contributed by atoms with E-state index >= 15 is 0 Å². The average Bonchev–Trinajstić information content (AvgIpc) is 3.00. The molecular formula is C21H24N4O3. The molecule has 0 aliphatic rings. The van der Waals surface area contributed by atoms with E-state index in [0.717, 1.165) is 27.8 Å². The number of carbonyl (C=O) groups excluding carboxylic acids is 1. The lowest BCUT2D eigenvalue weighted by Crippen LogP contribution is -2.05. The first kappa shape index (κ1) is 19.6. The van der Waals surface area contributed by atoms with Crippen LogP contribution >= 0.6 is 0 Å². The molecule has 0 unspecified atom stereocenters. The number of aromatic nitrogens is 3. The Morgan fingerprint density at radius 2 is 2.04 bits per heavy atom. The van der Waals surface area contributed by atoms with Gasteiger partial charge in [-0.3, -0.25) is 0 Å². The Hall–Kier alpha value is -3.19. The number of benzene rings is 1. The second-order valence-electron chi connectivity index (χ2n) is 6.40.